The topological polar surface area (TPSA) is 77.9 Å². The van der Waals surface area contributed by atoms with Crippen molar-refractivity contribution in [3.8, 4) is 28.5 Å². The summed E-state index contributed by atoms with van der Waals surface area (Å²) in [6, 6.07) is 14.6. The van der Waals surface area contributed by atoms with Gasteiger partial charge in [-0.25, -0.2) is 0 Å². The van der Waals surface area contributed by atoms with Crippen molar-refractivity contribution in [1.82, 2.24) is 10.2 Å². The van der Waals surface area contributed by atoms with Crippen molar-refractivity contribution >= 4 is 23.6 Å². The summed E-state index contributed by atoms with van der Waals surface area (Å²) in [5.41, 5.74) is 5.30. The molecule has 2 aromatic carbocycles. The monoisotopic (exact) mass is 398 g/mol. The number of aromatic nitrogens is 2. The molecular weight excluding hydrogens is 380 g/mol. The van der Waals surface area contributed by atoms with Crippen LogP contribution in [0.5, 0.6) is 17.2 Å². The Balaban J connectivity index is 1.71. The molecule has 3 aromatic rings. The quantitative estimate of drug-likeness (QED) is 0.473. The van der Waals surface area contributed by atoms with Crippen LogP contribution < -0.4 is 19.6 Å². The molecule has 3 rings (SSSR count). The number of nitrogens with zero attached hydrogens (tertiary/aromatic N) is 3. The maximum absolute atomic E-state index is 5.90. The van der Waals surface area contributed by atoms with Crippen LogP contribution in [0.1, 0.15) is 5.56 Å². The molecule has 0 radical (unpaired) electrons. The van der Waals surface area contributed by atoms with E-state index in [4.69, 9.17) is 25.8 Å². The highest BCUT2D eigenvalue weighted by atomic mass is 35.5. The van der Waals surface area contributed by atoms with E-state index in [0.29, 0.717) is 28.1 Å². The lowest BCUT2D eigenvalue weighted by atomic mass is 10.1. The zero-order chi connectivity index (χ0) is 19.9. The van der Waals surface area contributed by atoms with Gasteiger partial charge in [-0.3, -0.25) is 5.43 Å². The van der Waals surface area contributed by atoms with Crippen LogP contribution >= 0.6 is 11.6 Å². The second-order valence-electron chi connectivity index (χ2n) is 5.64. The van der Waals surface area contributed by atoms with Gasteiger partial charge in [0.15, 0.2) is 17.3 Å². The molecule has 8 heteroatoms. The number of nitrogens with one attached hydrogen (secondary N) is 1. The molecule has 0 aliphatic rings. The average Bonchev–Trinajstić information content (AvgIpc) is 2.74. The molecule has 0 spiro atoms. The summed E-state index contributed by atoms with van der Waals surface area (Å²) in [5, 5.41) is 13.2. The van der Waals surface area contributed by atoms with Crippen LogP contribution in [0.3, 0.4) is 0 Å². The van der Waals surface area contributed by atoms with Gasteiger partial charge in [0.1, 0.15) is 0 Å². The van der Waals surface area contributed by atoms with E-state index in [1.165, 1.54) is 0 Å². The predicted octanol–water partition coefficient (Wildman–Crippen LogP) is 4.27. The third-order valence-electron chi connectivity index (χ3n) is 3.88. The van der Waals surface area contributed by atoms with E-state index in [0.717, 1.165) is 16.8 Å². The Morgan fingerprint density at radius 2 is 1.57 bits per heavy atom. The summed E-state index contributed by atoms with van der Waals surface area (Å²) < 4.78 is 16.0. The molecule has 1 heterocycles. The molecule has 0 atom stereocenters. The molecule has 1 N–H and O–H groups in total. The van der Waals surface area contributed by atoms with Gasteiger partial charge in [0.25, 0.3) is 0 Å². The van der Waals surface area contributed by atoms with Crippen LogP contribution in [0.25, 0.3) is 11.3 Å². The van der Waals surface area contributed by atoms with Crippen molar-refractivity contribution in [2.75, 3.05) is 26.8 Å². The summed E-state index contributed by atoms with van der Waals surface area (Å²) in [7, 11) is 4.69. The first-order valence-electron chi connectivity index (χ1n) is 8.33. The van der Waals surface area contributed by atoms with Crippen LogP contribution in [0.15, 0.2) is 53.6 Å². The Morgan fingerprint density at radius 1 is 0.893 bits per heavy atom. The number of hydrazone groups is 1. The fourth-order valence-corrected chi connectivity index (χ4v) is 2.64. The molecule has 0 fully saturated rings. The van der Waals surface area contributed by atoms with Crippen molar-refractivity contribution < 1.29 is 14.2 Å². The number of anilines is 1. The van der Waals surface area contributed by atoms with E-state index in [2.05, 4.69) is 20.7 Å². The summed E-state index contributed by atoms with van der Waals surface area (Å²) in [5.74, 6) is 2.14. The lowest BCUT2D eigenvalue weighted by Gasteiger charge is -2.12. The first-order valence-corrected chi connectivity index (χ1v) is 8.71. The SMILES string of the molecule is COc1cc(/C=N/Nc2ccc(-c3ccc(Cl)cc3)nn2)cc(OC)c1OC. The highest BCUT2D eigenvalue weighted by molar-refractivity contribution is 6.30. The Bertz CT molecular complexity index is 935. The third-order valence-corrected chi connectivity index (χ3v) is 4.14. The van der Waals surface area contributed by atoms with Crippen LogP contribution in [0, 0.1) is 0 Å². The Morgan fingerprint density at radius 3 is 2.11 bits per heavy atom. The van der Waals surface area contributed by atoms with Crippen molar-refractivity contribution in [2.45, 2.75) is 0 Å². The third kappa shape index (κ3) is 4.50. The fraction of sp³-hybridized carbons (Fsp3) is 0.150. The summed E-state index contributed by atoms with van der Waals surface area (Å²) in [6.45, 7) is 0. The van der Waals surface area contributed by atoms with Gasteiger partial charge in [0, 0.05) is 16.1 Å². The van der Waals surface area contributed by atoms with Gasteiger partial charge in [0.05, 0.1) is 33.2 Å². The number of rotatable bonds is 7. The minimum atomic E-state index is 0.515. The number of ether oxygens (including phenoxy) is 3. The van der Waals surface area contributed by atoms with E-state index < -0.39 is 0 Å². The zero-order valence-electron chi connectivity index (χ0n) is 15.6. The fourth-order valence-electron chi connectivity index (χ4n) is 2.52. The number of methoxy groups -OCH3 is 3. The van der Waals surface area contributed by atoms with Crippen molar-refractivity contribution in [3.63, 3.8) is 0 Å². The second kappa shape index (κ2) is 9.05. The maximum Gasteiger partial charge on any atom is 0.203 e. The first kappa shape index (κ1) is 19.4. The normalized spacial score (nSPS) is 10.7. The molecule has 144 valence electrons. The Kier molecular flexibility index (Phi) is 6.29. The van der Waals surface area contributed by atoms with Gasteiger partial charge < -0.3 is 14.2 Å². The van der Waals surface area contributed by atoms with Gasteiger partial charge in [-0.05, 0) is 36.4 Å². The number of hydrogen-bond donors (Lipinski definition) is 1. The molecule has 0 aliphatic heterocycles. The number of benzene rings is 2. The maximum atomic E-state index is 5.90. The van der Waals surface area contributed by atoms with Gasteiger partial charge in [0.2, 0.25) is 5.75 Å². The highest BCUT2D eigenvalue weighted by Crippen LogP contribution is 2.37. The molecule has 28 heavy (non-hydrogen) atoms. The van der Waals surface area contributed by atoms with E-state index in [1.54, 1.807) is 45.7 Å². The molecule has 1 aromatic heterocycles. The molecule has 0 saturated heterocycles. The van der Waals surface area contributed by atoms with Crippen molar-refractivity contribution in [1.29, 1.82) is 0 Å². The van der Waals surface area contributed by atoms with Gasteiger partial charge in [-0.2, -0.15) is 5.10 Å². The minimum Gasteiger partial charge on any atom is -0.493 e. The predicted molar refractivity (Wildman–Crippen MR) is 110 cm³/mol. The number of hydrogen-bond acceptors (Lipinski definition) is 7. The Labute approximate surface area is 167 Å². The minimum absolute atomic E-state index is 0.515. The van der Waals surface area contributed by atoms with Gasteiger partial charge in [-0.15, -0.1) is 10.2 Å². The van der Waals surface area contributed by atoms with Gasteiger partial charge in [-0.1, -0.05) is 23.7 Å². The van der Waals surface area contributed by atoms with Crippen molar-refractivity contribution in [3.05, 3.63) is 59.1 Å². The standard InChI is InChI=1S/C20H19ClN4O3/c1-26-17-10-13(11-18(27-2)20(17)28-3)12-22-24-19-9-8-16(23-25-19)14-4-6-15(21)7-5-14/h4-12H,1-3H3,(H,24,25)/b22-12+. The summed E-state index contributed by atoms with van der Waals surface area (Å²) in [4.78, 5) is 0. The molecule has 0 saturated carbocycles. The zero-order valence-corrected chi connectivity index (χ0v) is 16.4. The smallest absolute Gasteiger partial charge is 0.203 e. The second-order valence-corrected chi connectivity index (χ2v) is 6.08. The van der Waals surface area contributed by atoms with Crippen LogP contribution in [-0.2, 0) is 0 Å². The molecule has 0 unspecified atom stereocenters. The summed E-state index contributed by atoms with van der Waals surface area (Å²) in [6.07, 6.45) is 1.62. The highest BCUT2D eigenvalue weighted by Gasteiger charge is 2.12. The van der Waals surface area contributed by atoms with Crippen LogP contribution in [-0.4, -0.2) is 37.7 Å². The van der Waals surface area contributed by atoms with E-state index in [-0.39, 0.29) is 0 Å². The molecule has 0 bridgehead atoms. The molecule has 7 nitrogen and oxygen atoms in total. The van der Waals surface area contributed by atoms with E-state index >= 15 is 0 Å². The van der Waals surface area contributed by atoms with E-state index in [9.17, 15) is 0 Å². The Hall–Kier alpha value is -3.32. The van der Waals surface area contributed by atoms with Crippen LogP contribution in [0.2, 0.25) is 5.02 Å². The lowest BCUT2D eigenvalue weighted by Crippen LogP contribution is -1.98. The van der Waals surface area contributed by atoms with Gasteiger partial charge >= 0.3 is 0 Å². The molecule has 0 amide bonds. The largest absolute Gasteiger partial charge is 0.493 e. The molecule has 0 aliphatic carbocycles. The van der Waals surface area contributed by atoms with Crippen LogP contribution in [0.4, 0.5) is 5.82 Å². The van der Waals surface area contributed by atoms with E-state index in [1.807, 2.05) is 30.3 Å². The number of halogens is 1. The first-order chi connectivity index (χ1) is 13.6. The average molecular weight is 399 g/mol. The van der Waals surface area contributed by atoms with Crippen molar-refractivity contribution in [2.24, 2.45) is 5.10 Å². The lowest BCUT2D eigenvalue weighted by molar-refractivity contribution is 0.324. The molecular formula is C20H19ClN4O3. The summed E-state index contributed by atoms with van der Waals surface area (Å²) >= 11 is 5.90.